The number of carbonyl (C=O) groups is 2. The fourth-order valence-corrected chi connectivity index (χ4v) is 7.84. The van der Waals surface area contributed by atoms with Crippen LogP contribution in [-0.2, 0) is 9.59 Å². The van der Waals surface area contributed by atoms with Crippen molar-refractivity contribution in [2.75, 3.05) is 0 Å². The van der Waals surface area contributed by atoms with Gasteiger partial charge in [0.05, 0.1) is 6.10 Å². The third-order valence-electron chi connectivity index (χ3n) is 8.90. The number of rotatable bonds is 1. The molecule has 0 saturated heterocycles. The number of Topliss-reactive ketones (excluding diaryl/α,β-unsaturated/α-hetero) is 2. The lowest BCUT2D eigenvalue weighted by molar-refractivity contribution is -0.173. The third kappa shape index (κ3) is 2.12. The molecular formula is C21H32O3. The summed E-state index contributed by atoms with van der Waals surface area (Å²) in [6, 6.07) is 0. The molecule has 0 spiro atoms. The molecule has 4 rings (SSSR count). The minimum atomic E-state index is -0.308. The van der Waals surface area contributed by atoms with Gasteiger partial charge in [0.2, 0.25) is 0 Å². The highest BCUT2D eigenvalue weighted by molar-refractivity contribution is 5.80. The van der Waals surface area contributed by atoms with Crippen molar-refractivity contribution in [3.8, 4) is 0 Å². The van der Waals surface area contributed by atoms with Gasteiger partial charge in [0.15, 0.2) is 0 Å². The Bertz CT molecular complexity index is 569. The molecule has 0 heterocycles. The summed E-state index contributed by atoms with van der Waals surface area (Å²) in [5.41, 5.74) is 0.103. The van der Waals surface area contributed by atoms with Crippen LogP contribution in [0.5, 0.6) is 0 Å². The van der Waals surface area contributed by atoms with Gasteiger partial charge in [-0.1, -0.05) is 13.8 Å². The highest BCUT2D eigenvalue weighted by Crippen LogP contribution is 2.67. The van der Waals surface area contributed by atoms with Crippen LogP contribution in [0.25, 0.3) is 0 Å². The fourth-order valence-electron chi connectivity index (χ4n) is 7.84. The molecule has 0 amide bonds. The monoisotopic (exact) mass is 332 g/mol. The molecule has 0 radical (unpaired) electrons. The molecule has 0 unspecified atom stereocenters. The molecule has 0 aliphatic heterocycles. The zero-order chi connectivity index (χ0) is 17.3. The first-order chi connectivity index (χ1) is 11.3. The van der Waals surface area contributed by atoms with Crippen molar-refractivity contribution in [2.24, 2.45) is 40.4 Å². The van der Waals surface area contributed by atoms with Gasteiger partial charge in [0.25, 0.3) is 0 Å². The molecule has 4 saturated carbocycles. The Hall–Kier alpha value is -0.700. The molecule has 8 atom stereocenters. The maximum Gasteiger partial charge on any atom is 0.133 e. The number of fused-ring (bicyclic) bond motifs is 5. The lowest BCUT2D eigenvalue weighted by atomic mass is 9.44. The molecule has 134 valence electrons. The van der Waals surface area contributed by atoms with Crippen LogP contribution in [0.4, 0.5) is 0 Å². The van der Waals surface area contributed by atoms with E-state index in [-0.39, 0.29) is 22.9 Å². The summed E-state index contributed by atoms with van der Waals surface area (Å²) in [7, 11) is 0. The Morgan fingerprint density at radius 3 is 2.58 bits per heavy atom. The van der Waals surface area contributed by atoms with Gasteiger partial charge < -0.3 is 5.11 Å². The predicted molar refractivity (Wildman–Crippen MR) is 92.3 cm³/mol. The van der Waals surface area contributed by atoms with Gasteiger partial charge in [-0.25, -0.2) is 0 Å². The standard InChI is InChI=1S/C21H32O3/c1-12(22)16-6-7-17-15-5-4-13-10-14(23)8-9-20(13,2)19(15)18(24)11-21(16,17)3/h13,15-19,24H,4-11H2,1-3H3/t13-,15+,16+,17-,18+,19-,20+,21-/m1/s1. The second-order valence-electron chi connectivity index (χ2n) is 9.84. The van der Waals surface area contributed by atoms with Gasteiger partial charge in [-0.3, -0.25) is 9.59 Å². The van der Waals surface area contributed by atoms with E-state index < -0.39 is 0 Å². The summed E-state index contributed by atoms with van der Waals surface area (Å²) >= 11 is 0. The summed E-state index contributed by atoms with van der Waals surface area (Å²) in [6.45, 7) is 6.36. The average Bonchev–Trinajstić information content (AvgIpc) is 2.84. The van der Waals surface area contributed by atoms with Crippen LogP contribution in [0.2, 0.25) is 0 Å². The third-order valence-corrected chi connectivity index (χ3v) is 8.90. The van der Waals surface area contributed by atoms with Crippen LogP contribution in [0.15, 0.2) is 0 Å². The maximum absolute atomic E-state index is 12.2. The molecule has 4 aliphatic rings. The second-order valence-corrected chi connectivity index (χ2v) is 9.84. The minimum absolute atomic E-state index is 0.0138. The molecule has 4 fully saturated rings. The first-order valence-corrected chi connectivity index (χ1v) is 9.97. The smallest absolute Gasteiger partial charge is 0.133 e. The molecule has 0 aromatic rings. The largest absolute Gasteiger partial charge is 0.393 e. The fraction of sp³-hybridized carbons (Fsp3) is 0.905. The minimum Gasteiger partial charge on any atom is -0.393 e. The van der Waals surface area contributed by atoms with Crippen LogP contribution in [0.1, 0.15) is 72.1 Å². The van der Waals surface area contributed by atoms with E-state index in [1.54, 1.807) is 6.92 Å². The van der Waals surface area contributed by atoms with Crippen LogP contribution in [-0.4, -0.2) is 22.8 Å². The van der Waals surface area contributed by atoms with E-state index in [4.69, 9.17) is 0 Å². The van der Waals surface area contributed by atoms with Crippen molar-refractivity contribution < 1.29 is 14.7 Å². The van der Waals surface area contributed by atoms with Gasteiger partial charge in [0.1, 0.15) is 11.6 Å². The van der Waals surface area contributed by atoms with E-state index in [1.807, 2.05) is 0 Å². The van der Waals surface area contributed by atoms with Crippen LogP contribution >= 0.6 is 0 Å². The summed E-state index contributed by atoms with van der Waals surface area (Å²) in [4.78, 5) is 24.1. The number of hydrogen-bond donors (Lipinski definition) is 1. The van der Waals surface area contributed by atoms with Crippen LogP contribution in [0.3, 0.4) is 0 Å². The Kier molecular flexibility index (Phi) is 3.77. The van der Waals surface area contributed by atoms with E-state index in [0.717, 1.165) is 44.9 Å². The van der Waals surface area contributed by atoms with Crippen molar-refractivity contribution in [2.45, 2.75) is 78.2 Å². The zero-order valence-electron chi connectivity index (χ0n) is 15.4. The second kappa shape index (κ2) is 5.40. The number of ketones is 2. The summed E-state index contributed by atoms with van der Waals surface area (Å²) in [5, 5.41) is 11.2. The highest BCUT2D eigenvalue weighted by atomic mass is 16.3. The lowest BCUT2D eigenvalue weighted by Crippen LogP contribution is -2.59. The maximum atomic E-state index is 12.2. The van der Waals surface area contributed by atoms with Crippen molar-refractivity contribution in [1.29, 1.82) is 0 Å². The quantitative estimate of drug-likeness (QED) is 0.795. The van der Waals surface area contributed by atoms with Crippen molar-refractivity contribution in [1.82, 2.24) is 0 Å². The molecule has 24 heavy (non-hydrogen) atoms. The predicted octanol–water partition coefficient (Wildman–Crippen LogP) is 3.77. The number of carbonyl (C=O) groups excluding carboxylic acids is 2. The van der Waals surface area contributed by atoms with Crippen molar-refractivity contribution >= 4 is 11.6 Å². The summed E-state index contributed by atoms with van der Waals surface area (Å²) in [6.07, 6.45) is 7.27. The van der Waals surface area contributed by atoms with Gasteiger partial charge in [-0.2, -0.15) is 0 Å². The van der Waals surface area contributed by atoms with Gasteiger partial charge >= 0.3 is 0 Å². The molecular weight excluding hydrogens is 300 g/mol. The summed E-state index contributed by atoms with van der Waals surface area (Å²) < 4.78 is 0. The normalized spacial score (nSPS) is 53.9. The Balaban J connectivity index is 1.68. The zero-order valence-corrected chi connectivity index (χ0v) is 15.4. The molecule has 0 bridgehead atoms. The topological polar surface area (TPSA) is 54.4 Å². The first-order valence-electron chi connectivity index (χ1n) is 9.97. The van der Waals surface area contributed by atoms with E-state index in [1.165, 1.54) is 0 Å². The SMILES string of the molecule is CC(=O)[C@@H]1CC[C@@H]2[C@@H]3CC[C@@H]4CC(=O)CC[C@]4(C)[C@H]3[C@@H](O)C[C@@]21C. The molecule has 3 heteroatoms. The van der Waals surface area contributed by atoms with Gasteiger partial charge in [-0.05, 0) is 80.0 Å². The first kappa shape index (κ1) is 16.8. The van der Waals surface area contributed by atoms with E-state index in [0.29, 0.717) is 41.7 Å². The molecule has 4 aliphatic carbocycles. The molecule has 0 aromatic carbocycles. The van der Waals surface area contributed by atoms with Crippen LogP contribution in [0, 0.1) is 40.4 Å². The van der Waals surface area contributed by atoms with Crippen molar-refractivity contribution in [3.05, 3.63) is 0 Å². The van der Waals surface area contributed by atoms with E-state index >= 15 is 0 Å². The van der Waals surface area contributed by atoms with Gasteiger partial charge in [0, 0.05) is 18.8 Å². The number of aliphatic hydroxyl groups is 1. The molecule has 0 aromatic heterocycles. The van der Waals surface area contributed by atoms with Crippen LogP contribution < -0.4 is 0 Å². The lowest BCUT2D eigenvalue weighted by Gasteiger charge is -2.61. The summed E-state index contributed by atoms with van der Waals surface area (Å²) in [5.74, 6) is 2.78. The Morgan fingerprint density at radius 1 is 1.12 bits per heavy atom. The highest BCUT2D eigenvalue weighted by Gasteiger charge is 2.63. The Labute approximate surface area is 145 Å². The average molecular weight is 332 g/mol. The number of aliphatic hydroxyl groups excluding tert-OH is 1. The van der Waals surface area contributed by atoms with E-state index in [2.05, 4.69) is 13.8 Å². The molecule has 3 nitrogen and oxygen atoms in total. The van der Waals surface area contributed by atoms with Gasteiger partial charge in [-0.15, -0.1) is 0 Å². The van der Waals surface area contributed by atoms with E-state index in [9.17, 15) is 14.7 Å². The molecule has 1 N–H and O–H groups in total. The Morgan fingerprint density at radius 2 is 1.88 bits per heavy atom. The van der Waals surface area contributed by atoms with Crippen molar-refractivity contribution in [3.63, 3.8) is 0 Å². The number of hydrogen-bond acceptors (Lipinski definition) is 3.